The van der Waals surface area contributed by atoms with E-state index < -0.39 is 0 Å². The van der Waals surface area contributed by atoms with Crippen LogP contribution in [-0.2, 0) is 11.4 Å². The number of hydrogen-bond acceptors (Lipinski definition) is 3. The fourth-order valence-electron chi connectivity index (χ4n) is 0.913. The van der Waals surface area contributed by atoms with Gasteiger partial charge in [0, 0.05) is 5.56 Å². The van der Waals surface area contributed by atoms with Crippen LogP contribution in [0.2, 0.25) is 0 Å². The Balaban J connectivity index is 2.74. The Morgan fingerprint density at radius 3 is 2.54 bits per heavy atom. The molecule has 1 aromatic rings. The predicted octanol–water partition coefficient (Wildman–Crippen LogP) is 0.470. The van der Waals surface area contributed by atoms with Crippen molar-refractivity contribution in [3.8, 4) is 0 Å². The smallest absolute Gasteiger partial charge is 0.274 e. The van der Waals surface area contributed by atoms with Gasteiger partial charge < -0.3 is 5.11 Å². The summed E-state index contributed by atoms with van der Waals surface area (Å²) in [6, 6.07) is 6.62. The molecule has 0 saturated heterocycles. The second-order valence-electron chi connectivity index (χ2n) is 2.49. The molecule has 0 aromatic heterocycles. The number of carbonyl (C=O) groups is 1. The summed E-state index contributed by atoms with van der Waals surface area (Å²) in [7, 11) is 1.37. The number of hydroxylamine groups is 1. The lowest BCUT2D eigenvalue weighted by atomic mass is 10.1. The van der Waals surface area contributed by atoms with Gasteiger partial charge in [-0.25, -0.2) is 5.48 Å². The number of aliphatic hydroxyl groups is 1. The van der Waals surface area contributed by atoms with Crippen LogP contribution in [0.1, 0.15) is 15.9 Å². The zero-order valence-corrected chi connectivity index (χ0v) is 7.28. The van der Waals surface area contributed by atoms with Crippen molar-refractivity contribution in [3.05, 3.63) is 35.4 Å². The molecule has 4 heteroatoms. The summed E-state index contributed by atoms with van der Waals surface area (Å²) >= 11 is 0. The van der Waals surface area contributed by atoms with Crippen LogP contribution in [0, 0.1) is 0 Å². The third-order valence-corrected chi connectivity index (χ3v) is 1.59. The molecule has 0 fully saturated rings. The quantitative estimate of drug-likeness (QED) is 0.666. The van der Waals surface area contributed by atoms with Gasteiger partial charge in [-0.3, -0.25) is 9.63 Å². The lowest BCUT2D eigenvalue weighted by molar-refractivity contribution is 0.0537. The Hall–Kier alpha value is -1.39. The van der Waals surface area contributed by atoms with Gasteiger partial charge in [0.2, 0.25) is 0 Å². The maximum absolute atomic E-state index is 11.1. The highest BCUT2D eigenvalue weighted by molar-refractivity contribution is 5.93. The number of rotatable bonds is 3. The predicted molar refractivity (Wildman–Crippen MR) is 46.8 cm³/mol. The maximum atomic E-state index is 11.1. The zero-order valence-electron chi connectivity index (χ0n) is 7.28. The molecule has 0 unspecified atom stereocenters. The van der Waals surface area contributed by atoms with Crippen LogP contribution in [0.3, 0.4) is 0 Å². The molecule has 0 spiro atoms. The van der Waals surface area contributed by atoms with Crippen LogP contribution in [0.15, 0.2) is 24.3 Å². The minimum absolute atomic E-state index is 0.0216. The molecule has 2 N–H and O–H groups in total. The van der Waals surface area contributed by atoms with Crippen molar-refractivity contribution in [2.24, 2.45) is 0 Å². The summed E-state index contributed by atoms with van der Waals surface area (Å²) in [6.45, 7) is -0.0216. The average molecular weight is 181 g/mol. The summed E-state index contributed by atoms with van der Waals surface area (Å²) in [5.74, 6) is -0.299. The van der Waals surface area contributed by atoms with Crippen LogP contribution in [0.25, 0.3) is 0 Å². The lowest BCUT2D eigenvalue weighted by Gasteiger charge is -2.02. The third-order valence-electron chi connectivity index (χ3n) is 1.59. The Bertz CT molecular complexity index is 281. The topological polar surface area (TPSA) is 58.6 Å². The monoisotopic (exact) mass is 181 g/mol. The van der Waals surface area contributed by atoms with E-state index in [0.29, 0.717) is 5.56 Å². The molecule has 0 aliphatic carbocycles. The van der Waals surface area contributed by atoms with Gasteiger partial charge in [0.15, 0.2) is 0 Å². The van der Waals surface area contributed by atoms with E-state index in [9.17, 15) is 4.79 Å². The number of benzene rings is 1. The molecule has 0 atom stereocenters. The highest BCUT2D eigenvalue weighted by atomic mass is 16.6. The van der Waals surface area contributed by atoms with Crippen LogP contribution in [0.5, 0.6) is 0 Å². The largest absolute Gasteiger partial charge is 0.392 e. The van der Waals surface area contributed by atoms with Crippen molar-refractivity contribution in [1.29, 1.82) is 0 Å². The Morgan fingerprint density at radius 1 is 1.46 bits per heavy atom. The zero-order chi connectivity index (χ0) is 9.68. The first-order valence-corrected chi connectivity index (χ1v) is 3.81. The Morgan fingerprint density at radius 2 is 2.08 bits per heavy atom. The first-order valence-electron chi connectivity index (χ1n) is 3.81. The van der Waals surface area contributed by atoms with Gasteiger partial charge in [-0.1, -0.05) is 12.1 Å². The molecule has 0 bridgehead atoms. The molecule has 0 aliphatic rings. The first kappa shape index (κ1) is 9.70. The molecule has 1 amide bonds. The normalized spacial score (nSPS) is 9.69. The minimum Gasteiger partial charge on any atom is -0.392 e. The van der Waals surface area contributed by atoms with Crippen LogP contribution >= 0.6 is 0 Å². The van der Waals surface area contributed by atoms with E-state index in [1.54, 1.807) is 24.3 Å². The van der Waals surface area contributed by atoms with Crippen molar-refractivity contribution >= 4 is 5.91 Å². The van der Waals surface area contributed by atoms with Gasteiger partial charge in [-0.2, -0.15) is 0 Å². The van der Waals surface area contributed by atoms with E-state index in [1.165, 1.54) is 7.11 Å². The summed E-state index contributed by atoms with van der Waals surface area (Å²) < 4.78 is 0. The number of nitrogens with one attached hydrogen (secondary N) is 1. The molecule has 13 heavy (non-hydrogen) atoms. The molecule has 1 aromatic carbocycles. The van der Waals surface area contributed by atoms with E-state index in [4.69, 9.17) is 5.11 Å². The van der Waals surface area contributed by atoms with Crippen molar-refractivity contribution in [1.82, 2.24) is 5.48 Å². The van der Waals surface area contributed by atoms with Gasteiger partial charge in [0.25, 0.3) is 5.91 Å². The molecule has 0 heterocycles. The third kappa shape index (κ3) is 2.54. The Kier molecular flexibility index (Phi) is 3.42. The molecule has 4 nitrogen and oxygen atoms in total. The van der Waals surface area contributed by atoms with Crippen molar-refractivity contribution in [2.75, 3.05) is 7.11 Å². The number of amides is 1. The number of hydrogen-bond donors (Lipinski definition) is 2. The average Bonchev–Trinajstić information content (AvgIpc) is 2.18. The highest BCUT2D eigenvalue weighted by Crippen LogP contribution is 2.03. The minimum atomic E-state index is -0.299. The molecule has 70 valence electrons. The van der Waals surface area contributed by atoms with Crippen LogP contribution in [0.4, 0.5) is 0 Å². The van der Waals surface area contributed by atoms with E-state index in [2.05, 4.69) is 10.3 Å². The van der Waals surface area contributed by atoms with E-state index >= 15 is 0 Å². The first-order chi connectivity index (χ1) is 6.27. The van der Waals surface area contributed by atoms with E-state index in [-0.39, 0.29) is 12.5 Å². The maximum Gasteiger partial charge on any atom is 0.274 e. The second-order valence-corrected chi connectivity index (χ2v) is 2.49. The summed E-state index contributed by atoms with van der Waals surface area (Å²) in [4.78, 5) is 15.6. The van der Waals surface area contributed by atoms with E-state index in [0.717, 1.165) is 5.56 Å². The summed E-state index contributed by atoms with van der Waals surface area (Å²) in [5, 5.41) is 8.75. The van der Waals surface area contributed by atoms with Crippen molar-refractivity contribution in [3.63, 3.8) is 0 Å². The van der Waals surface area contributed by atoms with Crippen molar-refractivity contribution < 1.29 is 14.7 Å². The fourth-order valence-corrected chi connectivity index (χ4v) is 0.913. The van der Waals surface area contributed by atoms with Crippen molar-refractivity contribution in [2.45, 2.75) is 6.61 Å². The standard InChI is InChI=1S/C9H11NO3/c1-13-10-9(12)8-4-2-7(6-11)3-5-8/h2-5,11H,6H2,1H3,(H,10,12). The summed E-state index contributed by atoms with van der Waals surface area (Å²) in [6.07, 6.45) is 0. The molecular weight excluding hydrogens is 170 g/mol. The van der Waals surface area contributed by atoms with Gasteiger partial charge in [-0.05, 0) is 17.7 Å². The summed E-state index contributed by atoms with van der Waals surface area (Å²) in [5.41, 5.74) is 3.47. The number of aliphatic hydroxyl groups excluding tert-OH is 1. The van der Waals surface area contributed by atoms with Gasteiger partial charge >= 0.3 is 0 Å². The molecule has 0 saturated carbocycles. The van der Waals surface area contributed by atoms with Gasteiger partial charge in [-0.15, -0.1) is 0 Å². The van der Waals surface area contributed by atoms with Gasteiger partial charge in [0.1, 0.15) is 0 Å². The molecule has 0 aliphatic heterocycles. The molecule has 0 radical (unpaired) electrons. The van der Waals surface area contributed by atoms with Crippen LogP contribution in [-0.4, -0.2) is 18.1 Å². The second kappa shape index (κ2) is 4.59. The van der Waals surface area contributed by atoms with Crippen LogP contribution < -0.4 is 5.48 Å². The fraction of sp³-hybridized carbons (Fsp3) is 0.222. The van der Waals surface area contributed by atoms with E-state index in [1.807, 2.05) is 0 Å². The lowest BCUT2D eigenvalue weighted by Crippen LogP contribution is -2.21. The molecular formula is C9H11NO3. The Labute approximate surface area is 76.1 Å². The SMILES string of the molecule is CONC(=O)c1ccc(CO)cc1. The highest BCUT2D eigenvalue weighted by Gasteiger charge is 2.03. The molecule has 1 rings (SSSR count). The number of carbonyl (C=O) groups excluding carboxylic acids is 1. The van der Waals surface area contributed by atoms with Gasteiger partial charge in [0.05, 0.1) is 13.7 Å².